The lowest BCUT2D eigenvalue weighted by atomic mass is 10.1. The molecule has 0 fully saturated rings. The topological polar surface area (TPSA) is 41.1 Å². The van der Waals surface area contributed by atoms with Crippen molar-refractivity contribution in [3.8, 4) is 0 Å². The van der Waals surface area contributed by atoms with E-state index in [4.69, 9.17) is 0 Å². The third-order valence-electron chi connectivity index (χ3n) is 2.52. The van der Waals surface area contributed by atoms with Crippen LogP contribution < -0.4 is 10.6 Å². The summed E-state index contributed by atoms with van der Waals surface area (Å²) in [5.41, 5.74) is 1.68. The molecule has 0 unspecified atom stereocenters. The molecule has 18 heavy (non-hydrogen) atoms. The zero-order valence-electron chi connectivity index (χ0n) is 9.91. The van der Waals surface area contributed by atoms with Crippen molar-refractivity contribution in [2.45, 2.75) is 0 Å². The Morgan fingerprint density at radius 3 is 2.61 bits per heavy atom. The van der Waals surface area contributed by atoms with Gasteiger partial charge in [-0.1, -0.05) is 18.2 Å². The van der Waals surface area contributed by atoms with E-state index in [1.807, 2.05) is 6.07 Å². The maximum atomic E-state index is 13.0. The number of rotatable bonds is 3. The Morgan fingerprint density at radius 1 is 1.11 bits per heavy atom. The van der Waals surface area contributed by atoms with Crippen LogP contribution in [0.15, 0.2) is 48.5 Å². The fourth-order valence-corrected chi connectivity index (χ4v) is 1.66. The van der Waals surface area contributed by atoms with Gasteiger partial charge in [-0.2, -0.15) is 0 Å². The summed E-state index contributed by atoms with van der Waals surface area (Å²) in [5, 5.41) is 5.59. The Bertz CT molecular complexity index is 569. The average Bonchev–Trinajstić information content (AvgIpc) is 2.38. The molecule has 0 radical (unpaired) electrons. The highest BCUT2D eigenvalue weighted by atomic mass is 19.1. The molecule has 0 atom stereocenters. The molecule has 0 aliphatic rings. The molecule has 92 valence electrons. The lowest BCUT2D eigenvalue weighted by Crippen LogP contribution is -2.13. The van der Waals surface area contributed by atoms with Gasteiger partial charge in [-0.3, -0.25) is 4.79 Å². The van der Waals surface area contributed by atoms with E-state index < -0.39 is 0 Å². The Kier molecular flexibility index (Phi) is 3.57. The molecule has 0 aliphatic heterocycles. The molecule has 4 heteroatoms. The average molecular weight is 244 g/mol. The quantitative estimate of drug-likeness (QED) is 0.871. The summed E-state index contributed by atoms with van der Waals surface area (Å²) >= 11 is 0. The lowest BCUT2D eigenvalue weighted by Gasteiger charge is -2.09. The Hall–Kier alpha value is -2.36. The van der Waals surface area contributed by atoms with Crippen LogP contribution in [0.5, 0.6) is 0 Å². The van der Waals surface area contributed by atoms with Crippen molar-refractivity contribution in [3.05, 3.63) is 59.9 Å². The maximum Gasteiger partial charge on any atom is 0.257 e. The van der Waals surface area contributed by atoms with Gasteiger partial charge in [0.15, 0.2) is 0 Å². The number of carbonyl (C=O) groups is 1. The number of amides is 1. The number of para-hydroxylation sites is 1. The SMILES string of the molecule is CNc1ccccc1C(=O)Nc1cccc(F)c1. The molecule has 2 rings (SSSR count). The van der Waals surface area contributed by atoms with E-state index in [1.54, 1.807) is 37.4 Å². The van der Waals surface area contributed by atoms with E-state index in [0.717, 1.165) is 5.69 Å². The van der Waals surface area contributed by atoms with E-state index in [1.165, 1.54) is 12.1 Å². The van der Waals surface area contributed by atoms with Crippen LogP contribution in [0.3, 0.4) is 0 Å². The predicted molar refractivity (Wildman–Crippen MR) is 70.3 cm³/mol. The van der Waals surface area contributed by atoms with E-state index in [-0.39, 0.29) is 11.7 Å². The summed E-state index contributed by atoms with van der Waals surface area (Å²) in [6, 6.07) is 12.9. The molecule has 0 spiro atoms. The van der Waals surface area contributed by atoms with Crippen LogP contribution in [-0.4, -0.2) is 13.0 Å². The van der Waals surface area contributed by atoms with Crippen molar-refractivity contribution in [3.63, 3.8) is 0 Å². The van der Waals surface area contributed by atoms with Crippen LogP contribution in [0.4, 0.5) is 15.8 Å². The van der Waals surface area contributed by atoms with Crippen molar-refractivity contribution >= 4 is 17.3 Å². The number of nitrogens with one attached hydrogen (secondary N) is 2. The molecule has 2 aromatic rings. The molecule has 2 aromatic carbocycles. The van der Waals surface area contributed by atoms with Crippen LogP contribution in [0, 0.1) is 5.82 Å². The van der Waals surface area contributed by atoms with Crippen LogP contribution in [-0.2, 0) is 0 Å². The highest BCUT2D eigenvalue weighted by Crippen LogP contribution is 2.17. The zero-order chi connectivity index (χ0) is 13.0. The van der Waals surface area contributed by atoms with Gasteiger partial charge in [0.2, 0.25) is 0 Å². The Morgan fingerprint density at radius 2 is 1.89 bits per heavy atom. The summed E-state index contributed by atoms with van der Waals surface area (Å²) in [5.74, 6) is -0.653. The van der Waals surface area contributed by atoms with Gasteiger partial charge in [0.05, 0.1) is 5.56 Å². The molecule has 2 N–H and O–H groups in total. The molecule has 0 bridgehead atoms. The lowest BCUT2D eigenvalue weighted by molar-refractivity contribution is 0.102. The van der Waals surface area contributed by atoms with Crippen molar-refractivity contribution < 1.29 is 9.18 Å². The van der Waals surface area contributed by atoms with Gasteiger partial charge in [0, 0.05) is 18.4 Å². The van der Waals surface area contributed by atoms with Crippen LogP contribution in [0.1, 0.15) is 10.4 Å². The number of hydrogen-bond acceptors (Lipinski definition) is 2. The smallest absolute Gasteiger partial charge is 0.257 e. The largest absolute Gasteiger partial charge is 0.387 e. The third-order valence-corrected chi connectivity index (χ3v) is 2.52. The molecule has 3 nitrogen and oxygen atoms in total. The second-order valence-electron chi connectivity index (χ2n) is 3.76. The standard InChI is InChI=1S/C14H13FN2O/c1-16-13-8-3-2-7-12(13)14(18)17-11-6-4-5-10(15)9-11/h2-9,16H,1H3,(H,17,18). The monoisotopic (exact) mass is 244 g/mol. The predicted octanol–water partition coefficient (Wildman–Crippen LogP) is 3.12. The fraction of sp³-hybridized carbons (Fsp3) is 0.0714. The first kappa shape index (κ1) is 12.1. The number of carbonyl (C=O) groups excluding carboxylic acids is 1. The highest BCUT2D eigenvalue weighted by Gasteiger charge is 2.10. The van der Waals surface area contributed by atoms with Crippen molar-refractivity contribution in [2.24, 2.45) is 0 Å². The van der Waals surface area contributed by atoms with Crippen LogP contribution in [0.2, 0.25) is 0 Å². The molecule has 1 amide bonds. The minimum atomic E-state index is -0.380. The summed E-state index contributed by atoms with van der Waals surface area (Å²) in [6.07, 6.45) is 0. The van der Waals surface area contributed by atoms with E-state index in [2.05, 4.69) is 10.6 Å². The minimum absolute atomic E-state index is 0.273. The second-order valence-corrected chi connectivity index (χ2v) is 3.76. The number of benzene rings is 2. The molecule has 0 saturated heterocycles. The minimum Gasteiger partial charge on any atom is -0.387 e. The third kappa shape index (κ3) is 2.66. The van der Waals surface area contributed by atoms with Gasteiger partial charge < -0.3 is 10.6 Å². The highest BCUT2D eigenvalue weighted by molar-refractivity contribution is 6.07. The molecule has 0 aromatic heterocycles. The Labute approximate surface area is 105 Å². The van der Waals surface area contributed by atoms with Gasteiger partial charge in [0.25, 0.3) is 5.91 Å². The van der Waals surface area contributed by atoms with Crippen LogP contribution >= 0.6 is 0 Å². The molecule has 0 aliphatic carbocycles. The van der Waals surface area contributed by atoms with E-state index >= 15 is 0 Å². The molecule has 0 saturated carbocycles. The summed E-state index contributed by atoms with van der Waals surface area (Å²) in [4.78, 5) is 12.0. The number of anilines is 2. The van der Waals surface area contributed by atoms with Gasteiger partial charge in [-0.25, -0.2) is 4.39 Å². The number of halogens is 1. The molecular weight excluding hydrogens is 231 g/mol. The fourth-order valence-electron chi connectivity index (χ4n) is 1.66. The van der Waals surface area contributed by atoms with Gasteiger partial charge in [-0.15, -0.1) is 0 Å². The second kappa shape index (κ2) is 5.31. The van der Waals surface area contributed by atoms with Crippen molar-refractivity contribution in [1.82, 2.24) is 0 Å². The first-order chi connectivity index (χ1) is 8.70. The maximum absolute atomic E-state index is 13.0. The normalized spacial score (nSPS) is 9.89. The summed E-state index contributed by atoms with van der Waals surface area (Å²) in [6.45, 7) is 0. The van der Waals surface area contributed by atoms with Gasteiger partial charge in [-0.05, 0) is 30.3 Å². The van der Waals surface area contributed by atoms with E-state index in [9.17, 15) is 9.18 Å². The summed E-state index contributed by atoms with van der Waals surface area (Å²) < 4.78 is 13.0. The van der Waals surface area contributed by atoms with Crippen molar-refractivity contribution in [2.75, 3.05) is 17.7 Å². The number of hydrogen-bond donors (Lipinski definition) is 2. The van der Waals surface area contributed by atoms with Gasteiger partial charge in [0.1, 0.15) is 5.82 Å². The first-order valence-corrected chi connectivity index (χ1v) is 5.54. The Balaban J connectivity index is 2.22. The molecule has 0 heterocycles. The summed E-state index contributed by atoms with van der Waals surface area (Å²) in [7, 11) is 1.74. The van der Waals surface area contributed by atoms with Crippen molar-refractivity contribution in [1.29, 1.82) is 0 Å². The van der Waals surface area contributed by atoms with E-state index in [0.29, 0.717) is 11.3 Å². The van der Waals surface area contributed by atoms with Gasteiger partial charge >= 0.3 is 0 Å². The first-order valence-electron chi connectivity index (χ1n) is 5.54. The van der Waals surface area contributed by atoms with Crippen LogP contribution in [0.25, 0.3) is 0 Å². The zero-order valence-corrected chi connectivity index (χ0v) is 9.91. The molecular formula is C14H13FN2O.